The molecule has 0 saturated carbocycles. The number of benzene rings is 1. The summed E-state index contributed by atoms with van der Waals surface area (Å²) in [5.74, 6) is -0.922. The zero-order chi connectivity index (χ0) is 10.2. The van der Waals surface area contributed by atoms with E-state index in [1.54, 1.807) is 0 Å². The Labute approximate surface area is 76.7 Å². The van der Waals surface area contributed by atoms with Gasteiger partial charge in [-0.05, 0) is 12.1 Å². The zero-order valence-electron chi connectivity index (χ0n) is 6.19. The molecule has 0 atom stereocenters. The van der Waals surface area contributed by atoms with Crippen LogP contribution >= 0.6 is 11.6 Å². The topological polar surface area (TPSA) is 46.2 Å². The van der Waals surface area contributed by atoms with Crippen LogP contribution in [0, 0.1) is 0 Å². The molecule has 0 aliphatic carbocycles. The first-order valence-electron chi connectivity index (χ1n) is 3.18. The Morgan fingerprint density at radius 2 is 1.85 bits per heavy atom. The standard InChI is InChI=1S/C7H5ClF3NO/c8-3-1-2-4(13)5(6(3)12)7(9,10)11/h1-2,13H,12H2. The molecule has 0 unspecified atom stereocenters. The quantitative estimate of drug-likeness (QED) is 0.648. The molecule has 0 fully saturated rings. The van der Waals surface area contributed by atoms with Gasteiger partial charge in [-0.1, -0.05) is 11.6 Å². The molecule has 6 heteroatoms. The molecule has 0 spiro atoms. The Bertz CT molecular complexity index is 337. The fourth-order valence-corrected chi connectivity index (χ4v) is 1.04. The molecule has 72 valence electrons. The molecule has 1 rings (SSSR count). The van der Waals surface area contributed by atoms with Crippen LogP contribution in [0.1, 0.15) is 5.56 Å². The molecule has 0 aromatic heterocycles. The van der Waals surface area contributed by atoms with Gasteiger partial charge in [-0.2, -0.15) is 13.2 Å². The number of phenols is 1. The van der Waals surface area contributed by atoms with Gasteiger partial charge in [0.1, 0.15) is 11.3 Å². The molecular weight excluding hydrogens is 207 g/mol. The first-order valence-corrected chi connectivity index (χ1v) is 3.56. The highest BCUT2D eigenvalue weighted by atomic mass is 35.5. The Kier molecular flexibility index (Phi) is 2.30. The minimum Gasteiger partial charge on any atom is -0.507 e. The van der Waals surface area contributed by atoms with Crippen LogP contribution in [-0.2, 0) is 6.18 Å². The van der Waals surface area contributed by atoms with Crippen molar-refractivity contribution < 1.29 is 18.3 Å². The molecule has 2 nitrogen and oxygen atoms in total. The Balaban J connectivity index is 3.43. The Morgan fingerprint density at radius 1 is 1.31 bits per heavy atom. The van der Waals surface area contributed by atoms with E-state index in [4.69, 9.17) is 22.4 Å². The predicted octanol–water partition coefficient (Wildman–Crippen LogP) is 2.65. The molecular formula is C7H5ClF3NO. The van der Waals surface area contributed by atoms with Gasteiger partial charge in [0, 0.05) is 0 Å². The number of anilines is 1. The molecule has 0 bridgehead atoms. The van der Waals surface area contributed by atoms with E-state index in [0.717, 1.165) is 12.1 Å². The van der Waals surface area contributed by atoms with Gasteiger partial charge in [-0.15, -0.1) is 0 Å². The number of phenolic OH excluding ortho intramolecular Hbond substituents is 1. The van der Waals surface area contributed by atoms with Gasteiger partial charge in [-0.25, -0.2) is 0 Å². The number of hydrogen-bond donors (Lipinski definition) is 2. The van der Waals surface area contributed by atoms with Gasteiger partial charge < -0.3 is 10.8 Å². The van der Waals surface area contributed by atoms with Gasteiger partial charge in [0.25, 0.3) is 0 Å². The number of aromatic hydroxyl groups is 1. The van der Waals surface area contributed by atoms with Crippen LogP contribution in [0.2, 0.25) is 5.02 Å². The van der Waals surface area contributed by atoms with Crippen molar-refractivity contribution in [3.05, 3.63) is 22.7 Å². The third-order valence-electron chi connectivity index (χ3n) is 1.45. The lowest BCUT2D eigenvalue weighted by Gasteiger charge is -2.12. The predicted molar refractivity (Wildman–Crippen MR) is 42.5 cm³/mol. The molecule has 0 radical (unpaired) electrons. The van der Waals surface area contributed by atoms with Gasteiger partial charge in [0.05, 0.1) is 10.7 Å². The first-order chi connectivity index (χ1) is 5.84. The van der Waals surface area contributed by atoms with E-state index in [2.05, 4.69) is 0 Å². The summed E-state index contributed by atoms with van der Waals surface area (Å²) < 4.78 is 36.6. The molecule has 1 aromatic carbocycles. The number of halogens is 4. The van der Waals surface area contributed by atoms with Crippen LogP contribution in [0.15, 0.2) is 12.1 Å². The monoisotopic (exact) mass is 211 g/mol. The summed E-state index contributed by atoms with van der Waals surface area (Å²) in [6.07, 6.45) is -4.70. The number of nitrogens with two attached hydrogens (primary N) is 1. The molecule has 0 aliphatic rings. The second kappa shape index (κ2) is 2.99. The summed E-state index contributed by atoms with van der Waals surface area (Å²) >= 11 is 5.36. The van der Waals surface area contributed by atoms with Crippen molar-refractivity contribution in [3.8, 4) is 5.75 Å². The van der Waals surface area contributed by atoms with Crippen molar-refractivity contribution >= 4 is 17.3 Å². The van der Waals surface area contributed by atoms with Gasteiger partial charge in [0.2, 0.25) is 0 Å². The highest BCUT2D eigenvalue weighted by Gasteiger charge is 2.37. The zero-order valence-corrected chi connectivity index (χ0v) is 6.95. The third-order valence-corrected chi connectivity index (χ3v) is 1.78. The van der Waals surface area contributed by atoms with Crippen LogP contribution in [0.4, 0.5) is 18.9 Å². The number of hydrogen-bond acceptors (Lipinski definition) is 2. The molecule has 3 N–H and O–H groups in total. The number of alkyl halides is 3. The Hall–Kier alpha value is -1.10. The lowest BCUT2D eigenvalue weighted by atomic mass is 10.1. The summed E-state index contributed by atoms with van der Waals surface area (Å²) in [4.78, 5) is 0. The highest BCUT2D eigenvalue weighted by Crippen LogP contribution is 2.42. The number of rotatable bonds is 0. The maximum absolute atomic E-state index is 12.2. The molecule has 13 heavy (non-hydrogen) atoms. The molecule has 1 aromatic rings. The van der Waals surface area contributed by atoms with Crippen LogP contribution in [-0.4, -0.2) is 5.11 Å². The van der Waals surface area contributed by atoms with Gasteiger partial charge in [0.15, 0.2) is 0 Å². The largest absolute Gasteiger partial charge is 0.507 e. The third kappa shape index (κ3) is 1.80. The normalized spacial score (nSPS) is 11.7. The summed E-state index contributed by atoms with van der Waals surface area (Å²) in [7, 11) is 0. The SMILES string of the molecule is Nc1c(Cl)ccc(O)c1C(F)(F)F. The minimum atomic E-state index is -4.70. The first kappa shape index (κ1) is 9.98. The second-order valence-electron chi connectivity index (χ2n) is 2.35. The maximum atomic E-state index is 12.2. The lowest BCUT2D eigenvalue weighted by Crippen LogP contribution is -2.09. The lowest BCUT2D eigenvalue weighted by molar-refractivity contribution is -0.138. The van der Waals surface area contributed by atoms with Crippen molar-refractivity contribution in [1.82, 2.24) is 0 Å². The van der Waals surface area contributed by atoms with Crippen molar-refractivity contribution in [3.63, 3.8) is 0 Å². The molecule has 0 saturated heterocycles. The molecule has 0 aliphatic heterocycles. The van der Waals surface area contributed by atoms with Crippen LogP contribution in [0.25, 0.3) is 0 Å². The fraction of sp³-hybridized carbons (Fsp3) is 0.143. The van der Waals surface area contributed by atoms with E-state index in [1.807, 2.05) is 0 Å². The van der Waals surface area contributed by atoms with Crippen molar-refractivity contribution in [2.75, 3.05) is 5.73 Å². The molecule has 0 heterocycles. The summed E-state index contributed by atoms with van der Waals surface area (Å²) in [6, 6.07) is 1.95. The van der Waals surface area contributed by atoms with E-state index in [9.17, 15) is 13.2 Å². The second-order valence-corrected chi connectivity index (χ2v) is 2.76. The fourth-order valence-electron chi connectivity index (χ4n) is 0.881. The smallest absolute Gasteiger partial charge is 0.422 e. The minimum absolute atomic E-state index is 0.231. The summed E-state index contributed by atoms with van der Waals surface area (Å²) in [6.45, 7) is 0. The maximum Gasteiger partial charge on any atom is 0.422 e. The highest BCUT2D eigenvalue weighted by molar-refractivity contribution is 6.33. The van der Waals surface area contributed by atoms with E-state index < -0.39 is 23.2 Å². The van der Waals surface area contributed by atoms with E-state index in [-0.39, 0.29) is 5.02 Å². The van der Waals surface area contributed by atoms with Crippen molar-refractivity contribution in [1.29, 1.82) is 0 Å². The average Bonchev–Trinajstić information content (AvgIpc) is 1.95. The van der Waals surface area contributed by atoms with Gasteiger partial charge >= 0.3 is 6.18 Å². The van der Waals surface area contributed by atoms with Gasteiger partial charge in [-0.3, -0.25) is 0 Å². The van der Waals surface area contributed by atoms with E-state index >= 15 is 0 Å². The van der Waals surface area contributed by atoms with Crippen molar-refractivity contribution in [2.45, 2.75) is 6.18 Å². The van der Waals surface area contributed by atoms with Crippen molar-refractivity contribution in [2.24, 2.45) is 0 Å². The summed E-state index contributed by atoms with van der Waals surface area (Å²) in [5, 5.41) is 8.66. The number of nitrogen functional groups attached to an aromatic ring is 1. The van der Waals surface area contributed by atoms with Crippen LogP contribution < -0.4 is 5.73 Å². The summed E-state index contributed by atoms with van der Waals surface area (Å²) in [5.41, 5.74) is 3.11. The van der Waals surface area contributed by atoms with E-state index in [0.29, 0.717) is 0 Å². The van der Waals surface area contributed by atoms with Crippen LogP contribution in [0.5, 0.6) is 5.75 Å². The molecule has 0 amide bonds. The van der Waals surface area contributed by atoms with Crippen LogP contribution in [0.3, 0.4) is 0 Å². The van der Waals surface area contributed by atoms with E-state index in [1.165, 1.54) is 0 Å². The Morgan fingerprint density at radius 3 is 2.23 bits per heavy atom. The average molecular weight is 212 g/mol.